The van der Waals surface area contributed by atoms with Crippen molar-refractivity contribution in [1.29, 1.82) is 0 Å². The number of aliphatic imine (C=N–C) groups is 1. The SMILES string of the molecule is CCc1noc(CC)c1CNC(=NC)NCC(C)Oc1ccccc1Br. The zero-order valence-electron chi connectivity index (χ0n) is 15.8. The highest BCUT2D eigenvalue weighted by Gasteiger charge is 2.14. The summed E-state index contributed by atoms with van der Waals surface area (Å²) in [7, 11) is 1.75. The zero-order chi connectivity index (χ0) is 18.9. The number of nitrogens with zero attached hydrogens (tertiary/aromatic N) is 2. The number of benzene rings is 1. The van der Waals surface area contributed by atoms with Crippen molar-refractivity contribution in [3.63, 3.8) is 0 Å². The van der Waals surface area contributed by atoms with Gasteiger partial charge in [0.05, 0.1) is 16.7 Å². The Balaban J connectivity index is 1.86. The fraction of sp³-hybridized carbons (Fsp3) is 0.474. The van der Waals surface area contributed by atoms with Crippen LogP contribution < -0.4 is 15.4 Å². The third kappa shape index (κ3) is 5.49. The van der Waals surface area contributed by atoms with Gasteiger partial charge < -0.3 is 19.9 Å². The molecule has 6 nitrogen and oxygen atoms in total. The van der Waals surface area contributed by atoms with Gasteiger partial charge in [0.1, 0.15) is 17.6 Å². The number of ether oxygens (including phenoxy) is 1. The largest absolute Gasteiger partial charge is 0.488 e. The topological polar surface area (TPSA) is 71.7 Å². The lowest BCUT2D eigenvalue weighted by atomic mass is 10.1. The van der Waals surface area contributed by atoms with Gasteiger partial charge in [0.2, 0.25) is 0 Å². The lowest BCUT2D eigenvalue weighted by molar-refractivity contribution is 0.222. The predicted molar refractivity (Wildman–Crippen MR) is 108 cm³/mol. The van der Waals surface area contributed by atoms with Crippen molar-refractivity contribution >= 4 is 21.9 Å². The fourth-order valence-electron chi connectivity index (χ4n) is 2.57. The van der Waals surface area contributed by atoms with E-state index in [1.54, 1.807) is 7.05 Å². The van der Waals surface area contributed by atoms with Crippen LogP contribution in [0.1, 0.15) is 37.8 Å². The highest BCUT2D eigenvalue weighted by atomic mass is 79.9. The third-order valence-electron chi connectivity index (χ3n) is 3.98. The summed E-state index contributed by atoms with van der Waals surface area (Å²) in [5, 5.41) is 10.8. The number of guanidine groups is 1. The molecule has 142 valence electrons. The van der Waals surface area contributed by atoms with E-state index in [-0.39, 0.29) is 6.10 Å². The second-order valence-corrected chi connectivity index (χ2v) is 6.76. The summed E-state index contributed by atoms with van der Waals surface area (Å²) in [5.41, 5.74) is 2.12. The molecule has 26 heavy (non-hydrogen) atoms. The molecule has 0 fully saturated rings. The summed E-state index contributed by atoms with van der Waals surface area (Å²) >= 11 is 3.50. The Labute approximate surface area is 163 Å². The van der Waals surface area contributed by atoms with Gasteiger partial charge in [0, 0.05) is 25.6 Å². The van der Waals surface area contributed by atoms with Crippen molar-refractivity contribution in [3.8, 4) is 5.75 Å². The molecule has 0 aliphatic rings. The van der Waals surface area contributed by atoms with Gasteiger partial charge in [-0.3, -0.25) is 4.99 Å². The number of para-hydroxylation sites is 1. The standard InChI is InChI=1S/C19H27BrN4O2/c1-5-16-14(17(6-2)26-24-16)12-23-19(21-4)22-11-13(3)25-18-10-8-7-9-15(18)20/h7-10,13H,5-6,11-12H2,1-4H3,(H2,21,22,23). The lowest BCUT2D eigenvalue weighted by Gasteiger charge is -2.18. The summed E-state index contributed by atoms with van der Waals surface area (Å²) in [5.74, 6) is 2.47. The van der Waals surface area contributed by atoms with Crippen LogP contribution in [0.2, 0.25) is 0 Å². The Morgan fingerprint density at radius 1 is 1.27 bits per heavy atom. The molecule has 2 N–H and O–H groups in total. The average Bonchev–Trinajstić information content (AvgIpc) is 3.05. The average molecular weight is 423 g/mol. The van der Waals surface area contributed by atoms with Crippen molar-refractivity contribution in [2.45, 2.75) is 46.3 Å². The molecule has 1 heterocycles. The Bertz CT molecular complexity index is 709. The molecule has 0 radical (unpaired) electrons. The van der Waals surface area contributed by atoms with E-state index in [0.717, 1.165) is 46.0 Å². The van der Waals surface area contributed by atoms with Crippen LogP contribution in [0, 0.1) is 0 Å². The van der Waals surface area contributed by atoms with Crippen molar-refractivity contribution in [3.05, 3.63) is 45.8 Å². The number of hydrogen-bond acceptors (Lipinski definition) is 4. The minimum atomic E-state index is -0.0137. The highest BCUT2D eigenvalue weighted by Crippen LogP contribution is 2.24. The van der Waals surface area contributed by atoms with Crippen LogP contribution in [0.15, 0.2) is 38.3 Å². The molecule has 0 spiro atoms. The lowest BCUT2D eigenvalue weighted by Crippen LogP contribution is -2.41. The number of rotatable bonds is 8. The van der Waals surface area contributed by atoms with Gasteiger partial charge in [0.25, 0.3) is 0 Å². The van der Waals surface area contributed by atoms with Crippen molar-refractivity contribution in [2.75, 3.05) is 13.6 Å². The molecule has 1 unspecified atom stereocenters. The van der Waals surface area contributed by atoms with E-state index in [2.05, 4.69) is 50.6 Å². The number of aromatic nitrogens is 1. The van der Waals surface area contributed by atoms with E-state index < -0.39 is 0 Å². The molecular formula is C19H27BrN4O2. The van der Waals surface area contributed by atoms with Gasteiger partial charge in [-0.2, -0.15) is 0 Å². The van der Waals surface area contributed by atoms with Gasteiger partial charge in [-0.25, -0.2) is 0 Å². The van der Waals surface area contributed by atoms with Crippen LogP contribution in [0.3, 0.4) is 0 Å². The van der Waals surface area contributed by atoms with Gasteiger partial charge in [0.15, 0.2) is 5.96 Å². The molecule has 0 aliphatic heterocycles. The van der Waals surface area contributed by atoms with Crippen LogP contribution in [0.4, 0.5) is 0 Å². The minimum absolute atomic E-state index is 0.0137. The molecule has 0 saturated carbocycles. The summed E-state index contributed by atoms with van der Waals surface area (Å²) in [6, 6.07) is 7.82. The summed E-state index contributed by atoms with van der Waals surface area (Å²) in [6.07, 6.45) is 1.66. The molecule has 2 aromatic rings. The molecule has 0 bridgehead atoms. The van der Waals surface area contributed by atoms with Crippen LogP contribution in [-0.2, 0) is 19.4 Å². The summed E-state index contributed by atoms with van der Waals surface area (Å²) in [6.45, 7) is 7.43. The van der Waals surface area contributed by atoms with E-state index in [1.165, 1.54) is 0 Å². The molecule has 0 amide bonds. The fourth-order valence-corrected chi connectivity index (χ4v) is 2.95. The molecular weight excluding hydrogens is 396 g/mol. The van der Waals surface area contributed by atoms with Gasteiger partial charge in [-0.15, -0.1) is 0 Å². The molecule has 2 rings (SSSR count). The minimum Gasteiger partial charge on any atom is -0.488 e. The first-order valence-electron chi connectivity index (χ1n) is 8.90. The van der Waals surface area contributed by atoms with E-state index in [4.69, 9.17) is 9.26 Å². The van der Waals surface area contributed by atoms with E-state index >= 15 is 0 Å². The highest BCUT2D eigenvalue weighted by molar-refractivity contribution is 9.10. The number of halogens is 1. The Morgan fingerprint density at radius 3 is 2.69 bits per heavy atom. The predicted octanol–water partition coefficient (Wildman–Crippen LogP) is 3.69. The number of nitrogens with one attached hydrogen (secondary N) is 2. The molecule has 0 saturated heterocycles. The monoisotopic (exact) mass is 422 g/mol. The molecule has 1 atom stereocenters. The van der Waals surface area contributed by atoms with E-state index in [1.807, 2.05) is 31.2 Å². The Morgan fingerprint density at radius 2 is 2.04 bits per heavy atom. The van der Waals surface area contributed by atoms with Crippen molar-refractivity contribution < 1.29 is 9.26 Å². The van der Waals surface area contributed by atoms with Gasteiger partial charge in [-0.1, -0.05) is 31.1 Å². The van der Waals surface area contributed by atoms with E-state index in [9.17, 15) is 0 Å². The summed E-state index contributed by atoms with van der Waals surface area (Å²) < 4.78 is 12.3. The third-order valence-corrected chi connectivity index (χ3v) is 4.64. The smallest absolute Gasteiger partial charge is 0.191 e. The Hall–Kier alpha value is -2.02. The van der Waals surface area contributed by atoms with Crippen molar-refractivity contribution in [1.82, 2.24) is 15.8 Å². The second kappa shape index (κ2) is 10.2. The quantitative estimate of drug-likeness (QED) is 0.501. The molecule has 1 aromatic heterocycles. The van der Waals surface area contributed by atoms with Gasteiger partial charge in [-0.05, 0) is 41.4 Å². The first kappa shape index (κ1) is 20.3. The Kier molecular flexibility index (Phi) is 7.97. The van der Waals surface area contributed by atoms with E-state index in [0.29, 0.717) is 13.1 Å². The number of aryl methyl sites for hydroxylation is 2. The first-order valence-corrected chi connectivity index (χ1v) is 9.70. The van der Waals surface area contributed by atoms with Gasteiger partial charge >= 0.3 is 0 Å². The second-order valence-electron chi connectivity index (χ2n) is 5.90. The zero-order valence-corrected chi connectivity index (χ0v) is 17.4. The maximum absolute atomic E-state index is 5.95. The van der Waals surface area contributed by atoms with Crippen LogP contribution in [-0.4, -0.2) is 30.8 Å². The van der Waals surface area contributed by atoms with Crippen molar-refractivity contribution in [2.24, 2.45) is 4.99 Å². The molecule has 1 aromatic carbocycles. The molecule has 0 aliphatic carbocycles. The van der Waals surface area contributed by atoms with Crippen LogP contribution in [0.25, 0.3) is 0 Å². The summed E-state index contributed by atoms with van der Waals surface area (Å²) in [4.78, 5) is 4.27. The maximum atomic E-state index is 5.95. The first-order chi connectivity index (χ1) is 12.6. The number of hydrogen-bond donors (Lipinski definition) is 2. The maximum Gasteiger partial charge on any atom is 0.191 e. The van der Waals surface area contributed by atoms with Crippen LogP contribution in [0.5, 0.6) is 5.75 Å². The molecule has 7 heteroatoms. The normalized spacial score (nSPS) is 12.7. The van der Waals surface area contributed by atoms with Crippen LogP contribution >= 0.6 is 15.9 Å².